The summed E-state index contributed by atoms with van der Waals surface area (Å²) in [5.41, 5.74) is 3.17. The van der Waals surface area contributed by atoms with Gasteiger partial charge in [0.25, 0.3) is 0 Å². The Hall–Kier alpha value is -0.920. The standard InChI is InChI=1S/C10H6BrClF3NO2/c11-9-4-8(18-16-9)5-1-2-7(6(12)3-5)17-10(13,14)15/h1-4,8,16H/t8-/m0/s1. The van der Waals surface area contributed by atoms with E-state index in [0.29, 0.717) is 10.2 Å². The minimum absolute atomic E-state index is 0.134. The minimum Gasteiger partial charge on any atom is -0.404 e. The number of nitrogens with one attached hydrogen (secondary N) is 1. The van der Waals surface area contributed by atoms with Gasteiger partial charge in [0.15, 0.2) is 0 Å². The van der Waals surface area contributed by atoms with E-state index in [1.165, 1.54) is 12.1 Å². The summed E-state index contributed by atoms with van der Waals surface area (Å²) in [6.45, 7) is 0. The van der Waals surface area contributed by atoms with Gasteiger partial charge in [0.05, 0.1) is 5.02 Å². The monoisotopic (exact) mass is 343 g/mol. The highest BCUT2D eigenvalue weighted by Gasteiger charge is 2.32. The number of halogens is 5. The molecule has 0 fully saturated rings. The van der Waals surface area contributed by atoms with Crippen LogP contribution in [0.25, 0.3) is 0 Å². The first-order chi connectivity index (χ1) is 8.35. The summed E-state index contributed by atoms with van der Waals surface area (Å²) < 4.78 is 40.5. The number of hydrogen-bond donors (Lipinski definition) is 1. The molecule has 2 rings (SSSR count). The van der Waals surface area contributed by atoms with Crippen molar-refractivity contribution in [3.05, 3.63) is 39.5 Å². The lowest BCUT2D eigenvalue weighted by Gasteiger charge is -2.13. The molecule has 0 aliphatic carbocycles. The van der Waals surface area contributed by atoms with E-state index in [2.05, 4.69) is 26.1 Å². The Labute approximate surface area is 114 Å². The van der Waals surface area contributed by atoms with Crippen molar-refractivity contribution in [1.82, 2.24) is 5.48 Å². The summed E-state index contributed by atoms with van der Waals surface area (Å²) in [6, 6.07) is 3.95. The predicted molar refractivity (Wildman–Crippen MR) is 62.1 cm³/mol. The van der Waals surface area contributed by atoms with Crippen molar-refractivity contribution in [2.45, 2.75) is 12.5 Å². The highest BCUT2D eigenvalue weighted by molar-refractivity contribution is 9.11. The highest BCUT2D eigenvalue weighted by atomic mass is 79.9. The Morgan fingerprint density at radius 3 is 2.61 bits per heavy atom. The molecule has 18 heavy (non-hydrogen) atoms. The van der Waals surface area contributed by atoms with Crippen molar-refractivity contribution in [2.75, 3.05) is 0 Å². The Balaban J connectivity index is 2.20. The molecule has 0 saturated carbocycles. The molecule has 0 aromatic heterocycles. The zero-order chi connectivity index (χ0) is 13.3. The van der Waals surface area contributed by atoms with Gasteiger partial charge in [0, 0.05) is 0 Å². The Kier molecular flexibility index (Phi) is 3.74. The molecule has 1 aliphatic rings. The number of ether oxygens (including phenoxy) is 1. The maximum absolute atomic E-state index is 12.0. The van der Waals surface area contributed by atoms with Gasteiger partial charge in [-0.2, -0.15) is 0 Å². The van der Waals surface area contributed by atoms with E-state index in [4.69, 9.17) is 16.4 Å². The molecular formula is C10H6BrClF3NO2. The molecule has 0 saturated heterocycles. The van der Waals surface area contributed by atoms with Crippen LogP contribution in [0.3, 0.4) is 0 Å². The van der Waals surface area contributed by atoms with Gasteiger partial charge in [-0.05, 0) is 39.7 Å². The van der Waals surface area contributed by atoms with Gasteiger partial charge in [-0.1, -0.05) is 17.7 Å². The maximum atomic E-state index is 12.0. The quantitative estimate of drug-likeness (QED) is 0.821. The van der Waals surface area contributed by atoms with Gasteiger partial charge >= 0.3 is 6.36 Å². The Morgan fingerprint density at radius 2 is 2.11 bits per heavy atom. The minimum atomic E-state index is -4.76. The zero-order valence-electron chi connectivity index (χ0n) is 8.59. The molecule has 0 radical (unpaired) electrons. The first-order valence-corrected chi connectivity index (χ1v) is 5.86. The summed E-state index contributed by atoms with van der Waals surface area (Å²) >= 11 is 8.88. The second kappa shape index (κ2) is 4.99. The number of benzene rings is 1. The first-order valence-electron chi connectivity index (χ1n) is 4.69. The van der Waals surface area contributed by atoms with Gasteiger partial charge in [-0.15, -0.1) is 13.2 Å². The van der Waals surface area contributed by atoms with Crippen LogP contribution in [0.4, 0.5) is 13.2 Å². The van der Waals surface area contributed by atoms with E-state index in [1.54, 1.807) is 6.08 Å². The van der Waals surface area contributed by atoms with E-state index < -0.39 is 18.2 Å². The van der Waals surface area contributed by atoms with Crippen LogP contribution in [0.2, 0.25) is 5.02 Å². The normalized spacial score (nSPS) is 19.4. The predicted octanol–water partition coefficient (Wildman–Crippen LogP) is 4.05. The van der Waals surface area contributed by atoms with Crippen molar-refractivity contribution >= 4 is 27.5 Å². The van der Waals surface area contributed by atoms with Crippen LogP contribution >= 0.6 is 27.5 Å². The van der Waals surface area contributed by atoms with E-state index in [9.17, 15) is 13.2 Å². The van der Waals surface area contributed by atoms with Crippen LogP contribution in [0, 0.1) is 0 Å². The molecule has 8 heteroatoms. The fourth-order valence-corrected chi connectivity index (χ4v) is 1.95. The molecule has 0 unspecified atom stereocenters. The largest absolute Gasteiger partial charge is 0.573 e. The molecular weight excluding hydrogens is 338 g/mol. The molecule has 1 heterocycles. The fraction of sp³-hybridized carbons (Fsp3) is 0.200. The second-order valence-corrected chi connectivity index (χ2v) is 4.65. The first kappa shape index (κ1) is 13.5. The van der Waals surface area contributed by atoms with Crippen LogP contribution in [-0.2, 0) is 4.84 Å². The number of hydroxylamine groups is 1. The maximum Gasteiger partial charge on any atom is 0.573 e. The Morgan fingerprint density at radius 1 is 1.39 bits per heavy atom. The van der Waals surface area contributed by atoms with Crippen LogP contribution in [0.1, 0.15) is 11.7 Å². The van der Waals surface area contributed by atoms with Crippen molar-refractivity contribution in [2.24, 2.45) is 0 Å². The average molecular weight is 345 g/mol. The highest BCUT2D eigenvalue weighted by Crippen LogP contribution is 2.34. The van der Waals surface area contributed by atoms with Crippen molar-refractivity contribution in [3.8, 4) is 5.75 Å². The summed E-state index contributed by atoms with van der Waals surface area (Å²) in [5, 5.41) is -0.134. The zero-order valence-corrected chi connectivity index (χ0v) is 10.9. The summed E-state index contributed by atoms with van der Waals surface area (Å²) in [6.07, 6.45) is -3.48. The smallest absolute Gasteiger partial charge is 0.404 e. The molecule has 1 aliphatic heterocycles. The van der Waals surface area contributed by atoms with E-state index in [-0.39, 0.29) is 5.02 Å². The third-order valence-corrected chi connectivity index (χ3v) is 2.81. The molecule has 1 N–H and O–H groups in total. The second-order valence-electron chi connectivity index (χ2n) is 3.39. The SMILES string of the molecule is FC(F)(F)Oc1ccc([C@@H]2C=C(Br)NO2)cc1Cl. The van der Waals surface area contributed by atoms with Gasteiger partial charge in [0.1, 0.15) is 16.5 Å². The lowest BCUT2D eigenvalue weighted by atomic mass is 10.1. The number of hydrogen-bond acceptors (Lipinski definition) is 3. The topological polar surface area (TPSA) is 30.5 Å². The van der Waals surface area contributed by atoms with Crippen molar-refractivity contribution in [3.63, 3.8) is 0 Å². The fourth-order valence-electron chi connectivity index (χ4n) is 1.39. The number of alkyl halides is 3. The van der Waals surface area contributed by atoms with Crippen LogP contribution < -0.4 is 10.2 Å². The summed E-state index contributed by atoms with van der Waals surface area (Å²) in [4.78, 5) is 5.14. The third kappa shape index (κ3) is 3.30. The summed E-state index contributed by atoms with van der Waals surface area (Å²) in [7, 11) is 0. The molecule has 98 valence electrons. The molecule has 1 aromatic carbocycles. The lowest BCUT2D eigenvalue weighted by Crippen LogP contribution is -2.17. The van der Waals surface area contributed by atoms with E-state index in [1.807, 2.05) is 0 Å². The average Bonchev–Trinajstić information content (AvgIpc) is 2.66. The van der Waals surface area contributed by atoms with Crippen molar-refractivity contribution in [1.29, 1.82) is 0 Å². The molecule has 0 bridgehead atoms. The lowest BCUT2D eigenvalue weighted by molar-refractivity contribution is -0.274. The molecule has 1 aromatic rings. The number of rotatable bonds is 2. The van der Waals surface area contributed by atoms with Gasteiger partial charge in [-0.3, -0.25) is 10.3 Å². The van der Waals surface area contributed by atoms with Crippen LogP contribution in [-0.4, -0.2) is 6.36 Å². The van der Waals surface area contributed by atoms with Crippen LogP contribution in [0.15, 0.2) is 28.9 Å². The molecule has 3 nitrogen and oxygen atoms in total. The third-order valence-electron chi connectivity index (χ3n) is 2.09. The molecule has 0 spiro atoms. The van der Waals surface area contributed by atoms with Crippen LogP contribution in [0.5, 0.6) is 5.75 Å². The molecule has 1 atom stereocenters. The van der Waals surface area contributed by atoms with Crippen molar-refractivity contribution < 1.29 is 22.7 Å². The van der Waals surface area contributed by atoms with Gasteiger partial charge < -0.3 is 4.74 Å². The molecule has 0 amide bonds. The van der Waals surface area contributed by atoms with Gasteiger partial charge in [-0.25, -0.2) is 0 Å². The van der Waals surface area contributed by atoms with E-state index >= 15 is 0 Å². The Bertz CT molecular complexity index is 493. The summed E-state index contributed by atoms with van der Waals surface area (Å²) in [5.74, 6) is -0.443. The van der Waals surface area contributed by atoms with E-state index in [0.717, 1.165) is 6.07 Å². The van der Waals surface area contributed by atoms with Gasteiger partial charge in [0.2, 0.25) is 0 Å².